The zero-order valence-corrected chi connectivity index (χ0v) is 17.1. The highest BCUT2D eigenvalue weighted by atomic mass is 32.1. The maximum absolute atomic E-state index is 13.2. The molecule has 1 heterocycles. The highest BCUT2D eigenvalue weighted by molar-refractivity contribution is 7.15. The molecule has 0 aliphatic carbocycles. The second-order valence-corrected chi connectivity index (χ2v) is 7.34. The van der Waals surface area contributed by atoms with E-state index in [1.807, 2.05) is 32.0 Å². The Morgan fingerprint density at radius 2 is 1.83 bits per heavy atom. The molecule has 0 aliphatic heterocycles. The number of nitrogens with one attached hydrogen (secondary N) is 1. The molecule has 0 atom stereocenters. The van der Waals surface area contributed by atoms with Crippen LogP contribution in [-0.4, -0.2) is 25.6 Å². The Kier molecular flexibility index (Phi) is 6.29. The molecule has 0 aliphatic rings. The summed E-state index contributed by atoms with van der Waals surface area (Å²) < 4.78 is 23.7. The molecule has 7 heteroatoms. The predicted molar refractivity (Wildman–Crippen MR) is 111 cm³/mol. The van der Waals surface area contributed by atoms with Gasteiger partial charge in [-0.2, -0.15) is 0 Å². The van der Waals surface area contributed by atoms with Crippen molar-refractivity contribution in [2.24, 2.45) is 0 Å². The summed E-state index contributed by atoms with van der Waals surface area (Å²) in [5, 5.41) is 4.79. The van der Waals surface area contributed by atoms with E-state index < -0.39 is 11.9 Å². The number of carbonyl (C=O) groups is 2. The van der Waals surface area contributed by atoms with Gasteiger partial charge in [0.05, 0.1) is 7.11 Å². The van der Waals surface area contributed by atoms with E-state index in [0.717, 1.165) is 11.1 Å². The number of halogens is 1. The van der Waals surface area contributed by atoms with Gasteiger partial charge in [0.2, 0.25) is 0 Å². The lowest BCUT2D eigenvalue weighted by Gasteiger charge is -2.11. The first-order chi connectivity index (χ1) is 13.9. The number of ether oxygens (including phenoxy) is 2. The van der Waals surface area contributed by atoms with Crippen LogP contribution in [0.15, 0.2) is 47.8 Å². The molecule has 0 saturated heterocycles. The van der Waals surface area contributed by atoms with E-state index in [1.54, 1.807) is 17.5 Å². The average molecular weight is 413 g/mol. The second kappa shape index (κ2) is 8.87. The van der Waals surface area contributed by atoms with Crippen molar-refractivity contribution >= 4 is 28.2 Å². The molecular formula is C22H20FNO4S. The van der Waals surface area contributed by atoms with Crippen LogP contribution in [0.1, 0.15) is 21.5 Å². The third kappa shape index (κ3) is 4.81. The van der Waals surface area contributed by atoms with Crippen LogP contribution in [0.25, 0.3) is 11.1 Å². The fourth-order valence-corrected chi connectivity index (χ4v) is 3.74. The summed E-state index contributed by atoms with van der Waals surface area (Å²) in [5.41, 5.74) is 3.39. The quantitative estimate of drug-likeness (QED) is 0.579. The number of hydrogen-bond donors (Lipinski definition) is 1. The van der Waals surface area contributed by atoms with Crippen LogP contribution in [0.4, 0.5) is 9.39 Å². The molecule has 5 nitrogen and oxygen atoms in total. The second-order valence-electron chi connectivity index (χ2n) is 6.46. The van der Waals surface area contributed by atoms with Crippen LogP contribution < -0.4 is 10.1 Å². The number of amides is 1. The summed E-state index contributed by atoms with van der Waals surface area (Å²) in [5.74, 6) is -0.730. The van der Waals surface area contributed by atoms with Crippen molar-refractivity contribution in [1.82, 2.24) is 0 Å². The highest BCUT2D eigenvalue weighted by Crippen LogP contribution is 2.36. The van der Waals surface area contributed by atoms with Gasteiger partial charge >= 0.3 is 5.97 Å². The van der Waals surface area contributed by atoms with E-state index in [4.69, 9.17) is 9.47 Å². The van der Waals surface area contributed by atoms with Gasteiger partial charge in [0.25, 0.3) is 5.91 Å². The number of thiophene rings is 1. The van der Waals surface area contributed by atoms with Crippen LogP contribution >= 0.6 is 11.3 Å². The predicted octanol–water partition coefficient (Wildman–Crippen LogP) is 4.98. The minimum atomic E-state index is -0.587. The minimum Gasteiger partial charge on any atom is -0.483 e. The van der Waals surface area contributed by atoms with Crippen LogP contribution in [0.2, 0.25) is 0 Å². The zero-order chi connectivity index (χ0) is 21.0. The fraction of sp³-hybridized carbons (Fsp3) is 0.182. The lowest BCUT2D eigenvalue weighted by Crippen LogP contribution is -2.21. The molecule has 3 aromatic rings. The zero-order valence-electron chi connectivity index (χ0n) is 16.2. The van der Waals surface area contributed by atoms with Crippen molar-refractivity contribution in [2.45, 2.75) is 13.8 Å². The molecule has 1 N–H and O–H groups in total. The molecule has 29 heavy (non-hydrogen) atoms. The Morgan fingerprint density at radius 1 is 1.10 bits per heavy atom. The maximum atomic E-state index is 13.2. The summed E-state index contributed by atoms with van der Waals surface area (Å²) in [6.07, 6.45) is 0. The largest absolute Gasteiger partial charge is 0.483 e. The van der Waals surface area contributed by atoms with Crippen LogP contribution in [0.3, 0.4) is 0 Å². The maximum Gasteiger partial charge on any atom is 0.341 e. The van der Waals surface area contributed by atoms with Crippen LogP contribution in [-0.2, 0) is 9.53 Å². The summed E-state index contributed by atoms with van der Waals surface area (Å²) in [4.78, 5) is 24.7. The van der Waals surface area contributed by atoms with Crippen molar-refractivity contribution in [1.29, 1.82) is 0 Å². The number of rotatable bonds is 6. The first-order valence-corrected chi connectivity index (χ1v) is 9.72. The lowest BCUT2D eigenvalue weighted by atomic mass is 10.0. The summed E-state index contributed by atoms with van der Waals surface area (Å²) in [6.45, 7) is 3.64. The lowest BCUT2D eigenvalue weighted by molar-refractivity contribution is -0.118. The van der Waals surface area contributed by atoms with Crippen LogP contribution in [0.5, 0.6) is 5.75 Å². The van der Waals surface area contributed by atoms with E-state index in [1.165, 1.54) is 30.6 Å². The van der Waals surface area contributed by atoms with E-state index in [-0.39, 0.29) is 18.0 Å². The smallest absolute Gasteiger partial charge is 0.341 e. The number of methoxy groups -OCH3 is 1. The molecule has 0 unspecified atom stereocenters. The Hall–Kier alpha value is -3.19. The van der Waals surface area contributed by atoms with Gasteiger partial charge in [-0.05, 0) is 48.7 Å². The van der Waals surface area contributed by atoms with E-state index in [0.29, 0.717) is 21.9 Å². The van der Waals surface area contributed by atoms with Crippen molar-refractivity contribution in [3.8, 4) is 16.9 Å². The van der Waals surface area contributed by atoms with Crippen molar-refractivity contribution in [2.75, 3.05) is 19.0 Å². The van der Waals surface area contributed by atoms with Crippen molar-refractivity contribution in [3.05, 3.63) is 70.4 Å². The van der Waals surface area contributed by atoms with Crippen LogP contribution in [0, 0.1) is 19.7 Å². The Balaban J connectivity index is 1.79. The van der Waals surface area contributed by atoms with Gasteiger partial charge in [-0.15, -0.1) is 11.3 Å². The number of carbonyl (C=O) groups excluding carboxylic acids is 2. The summed E-state index contributed by atoms with van der Waals surface area (Å²) >= 11 is 1.19. The van der Waals surface area contributed by atoms with Crippen molar-refractivity contribution < 1.29 is 23.5 Å². The molecule has 2 aromatic carbocycles. The first-order valence-electron chi connectivity index (χ1n) is 8.84. The third-order valence-corrected chi connectivity index (χ3v) is 5.19. The van der Waals surface area contributed by atoms with Gasteiger partial charge in [-0.3, -0.25) is 4.79 Å². The van der Waals surface area contributed by atoms with Gasteiger partial charge in [0, 0.05) is 10.9 Å². The SMILES string of the molecule is COC(=O)c1c(-c2ccc(F)cc2)csc1NC(=O)COc1cc(C)ccc1C. The molecule has 0 spiro atoms. The first kappa shape index (κ1) is 20.5. The third-order valence-electron chi connectivity index (χ3n) is 4.29. The standard InChI is InChI=1S/C22H20FNO4S/c1-13-4-5-14(2)18(10-13)28-11-19(25)24-21-20(22(26)27-3)17(12-29-21)15-6-8-16(23)9-7-15/h4-10,12H,11H2,1-3H3,(H,24,25). The van der Waals surface area contributed by atoms with Crippen molar-refractivity contribution in [3.63, 3.8) is 0 Å². The number of benzene rings is 2. The average Bonchev–Trinajstić information content (AvgIpc) is 3.12. The molecule has 0 radical (unpaired) electrons. The summed E-state index contributed by atoms with van der Waals surface area (Å²) in [7, 11) is 1.27. The number of aryl methyl sites for hydroxylation is 2. The van der Waals surface area contributed by atoms with Gasteiger partial charge in [-0.25, -0.2) is 9.18 Å². The molecule has 0 bridgehead atoms. The molecule has 0 saturated carbocycles. The Labute approximate surface area is 172 Å². The molecular weight excluding hydrogens is 393 g/mol. The molecule has 1 amide bonds. The molecule has 0 fully saturated rings. The van der Waals surface area contributed by atoms with Gasteiger partial charge in [-0.1, -0.05) is 24.3 Å². The monoisotopic (exact) mass is 413 g/mol. The Bertz CT molecular complexity index is 1040. The minimum absolute atomic E-state index is 0.200. The molecule has 1 aromatic heterocycles. The molecule has 150 valence electrons. The normalized spacial score (nSPS) is 10.5. The summed E-state index contributed by atoms with van der Waals surface area (Å²) in [6, 6.07) is 11.5. The van der Waals surface area contributed by atoms with E-state index in [2.05, 4.69) is 5.32 Å². The topological polar surface area (TPSA) is 64.6 Å². The number of anilines is 1. The van der Waals surface area contributed by atoms with Gasteiger partial charge in [0.15, 0.2) is 6.61 Å². The number of hydrogen-bond acceptors (Lipinski definition) is 5. The van der Waals surface area contributed by atoms with Gasteiger partial charge < -0.3 is 14.8 Å². The van der Waals surface area contributed by atoms with Gasteiger partial charge in [0.1, 0.15) is 22.1 Å². The number of esters is 1. The molecule has 3 rings (SSSR count). The highest BCUT2D eigenvalue weighted by Gasteiger charge is 2.22. The fourth-order valence-electron chi connectivity index (χ4n) is 2.77. The Morgan fingerprint density at radius 3 is 2.52 bits per heavy atom. The van der Waals surface area contributed by atoms with E-state index in [9.17, 15) is 14.0 Å². The van der Waals surface area contributed by atoms with E-state index >= 15 is 0 Å².